The molecule has 0 spiro atoms. The predicted molar refractivity (Wildman–Crippen MR) is 108 cm³/mol. The molecule has 2 aromatic carbocycles. The Bertz CT molecular complexity index is 957. The summed E-state index contributed by atoms with van der Waals surface area (Å²) in [5.74, 6) is 0.595. The number of carboxylic acid groups (broad SMARTS) is 1. The van der Waals surface area contributed by atoms with E-state index < -0.39 is 11.1 Å². The molecule has 0 fully saturated rings. The van der Waals surface area contributed by atoms with Gasteiger partial charge < -0.3 is 14.6 Å². The molecule has 1 unspecified atom stereocenters. The SMILES string of the molecule is O=C(O)C(P)(C1=CC=Cc2ccccc2O1)C1=CC=Cc2ccccc2O1. The van der Waals surface area contributed by atoms with Gasteiger partial charge in [-0.25, -0.2) is 0 Å². The van der Waals surface area contributed by atoms with Crippen LogP contribution in [0.5, 0.6) is 11.5 Å². The Morgan fingerprint density at radius 2 is 1.26 bits per heavy atom. The highest BCUT2D eigenvalue weighted by Crippen LogP contribution is 2.41. The Balaban J connectivity index is 1.78. The normalized spacial score (nSPS) is 15.1. The van der Waals surface area contributed by atoms with E-state index in [1.54, 1.807) is 24.3 Å². The van der Waals surface area contributed by atoms with Crippen LogP contribution in [0.1, 0.15) is 11.1 Å². The van der Waals surface area contributed by atoms with Crippen LogP contribution in [0.2, 0.25) is 0 Å². The molecule has 2 aliphatic rings. The molecule has 4 nitrogen and oxygen atoms in total. The summed E-state index contributed by atoms with van der Waals surface area (Å²) in [5, 5.41) is 8.53. The summed E-state index contributed by atoms with van der Waals surface area (Å²) in [4.78, 5) is 12.4. The van der Waals surface area contributed by atoms with Crippen molar-refractivity contribution in [3.63, 3.8) is 0 Å². The van der Waals surface area contributed by atoms with Crippen molar-refractivity contribution in [3.8, 4) is 11.5 Å². The first-order valence-electron chi connectivity index (χ1n) is 8.43. The monoisotopic (exact) mass is 376 g/mol. The molecule has 0 aliphatic carbocycles. The Hall–Kier alpha value is -3.10. The van der Waals surface area contributed by atoms with Crippen LogP contribution in [0.25, 0.3) is 12.2 Å². The van der Waals surface area contributed by atoms with E-state index >= 15 is 0 Å². The molecule has 0 bridgehead atoms. The third kappa shape index (κ3) is 3.09. The predicted octanol–water partition coefficient (Wildman–Crippen LogP) is 4.66. The van der Waals surface area contributed by atoms with Crippen molar-refractivity contribution < 1.29 is 19.4 Å². The molecule has 4 rings (SSSR count). The number of fused-ring (bicyclic) bond motifs is 2. The van der Waals surface area contributed by atoms with Crippen molar-refractivity contribution in [2.24, 2.45) is 0 Å². The number of carboxylic acids is 1. The average Bonchev–Trinajstić information content (AvgIpc) is 3.03. The second-order valence-corrected chi connectivity index (χ2v) is 7.04. The minimum Gasteiger partial charge on any atom is -0.480 e. The Labute approximate surface area is 159 Å². The molecule has 5 heteroatoms. The second kappa shape index (κ2) is 6.90. The summed E-state index contributed by atoms with van der Waals surface area (Å²) in [6.45, 7) is 0. The summed E-state index contributed by atoms with van der Waals surface area (Å²) in [6, 6.07) is 14.9. The maximum Gasteiger partial charge on any atom is 0.329 e. The number of allylic oxidation sites excluding steroid dienone is 4. The van der Waals surface area contributed by atoms with Crippen LogP contribution in [0.3, 0.4) is 0 Å². The first-order chi connectivity index (χ1) is 13.1. The van der Waals surface area contributed by atoms with E-state index in [-0.39, 0.29) is 11.5 Å². The van der Waals surface area contributed by atoms with Crippen LogP contribution in [0.15, 0.2) is 84.4 Å². The van der Waals surface area contributed by atoms with Gasteiger partial charge in [-0.05, 0) is 24.3 Å². The molecule has 134 valence electrons. The number of aliphatic carboxylic acids is 1. The zero-order valence-corrected chi connectivity index (χ0v) is 15.5. The lowest BCUT2D eigenvalue weighted by Crippen LogP contribution is -2.40. The fourth-order valence-corrected chi connectivity index (χ4v) is 3.27. The molecule has 0 amide bonds. The van der Waals surface area contributed by atoms with E-state index in [2.05, 4.69) is 9.24 Å². The van der Waals surface area contributed by atoms with Gasteiger partial charge in [0.15, 0.2) is 5.16 Å². The minimum atomic E-state index is -1.58. The van der Waals surface area contributed by atoms with Gasteiger partial charge in [0, 0.05) is 11.1 Å². The highest BCUT2D eigenvalue weighted by atomic mass is 31.0. The van der Waals surface area contributed by atoms with E-state index in [0.29, 0.717) is 11.5 Å². The zero-order valence-electron chi connectivity index (χ0n) is 14.3. The van der Waals surface area contributed by atoms with Crippen molar-refractivity contribution in [2.45, 2.75) is 5.16 Å². The number of para-hydroxylation sites is 2. The van der Waals surface area contributed by atoms with Gasteiger partial charge in [0.05, 0.1) is 0 Å². The van der Waals surface area contributed by atoms with Gasteiger partial charge in [0.2, 0.25) is 0 Å². The second-order valence-electron chi connectivity index (χ2n) is 6.17. The lowest BCUT2D eigenvalue weighted by molar-refractivity contribution is -0.139. The fraction of sp³-hybridized carbons (Fsp3) is 0.0455. The van der Waals surface area contributed by atoms with Gasteiger partial charge in [-0.2, -0.15) is 0 Å². The van der Waals surface area contributed by atoms with Gasteiger partial charge >= 0.3 is 5.97 Å². The Kier molecular flexibility index (Phi) is 4.43. The summed E-state index contributed by atoms with van der Waals surface area (Å²) >= 11 is 0. The number of benzene rings is 2. The highest BCUT2D eigenvalue weighted by molar-refractivity contribution is 7.22. The molecule has 0 saturated heterocycles. The molecule has 2 aliphatic heterocycles. The number of rotatable bonds is 3. The minimum absolute atomic E-state index is 0.250. The molecule has 27 heavy (non-hydrogen) atoms. The lowest BCUT2D eigenvalue weighted by Gasteiger charge is -2.29. The van der Waals surface area contributed by atoms with Crippen LogP contribution in [-0.4, -0.2) is 16.2 Å². The molecule has 2 aromatic rings. The van der Waals surface area contributed by atoms with E-state index in [1.807, 2.05) is 60.7 Å². The average molecular weight is 376 g/mol. The van der Waals surface area contributed by atoms with Crippen molar-refractivity contribution >= 4 is 27.4 Å². The smallest absolute Gasteiger partial charge is 0.329 e. The number of hydrogen-bond donors (Lipinski definition) is 1. The number of hydrogen-bond acceptors (Lipinski definition) is 3. The van der Waals surface area contributed by atoms with Gasteiger partial charge in [0.25, 0.3) is 0 Å². The van der Waals surface area contributed by atoms with Gasteiger partial charge in [0.1, 0.15) is 23.0 Å². The summed E-state index contributed by atoms with van der Waals surface area (Å²) in [6.07, 6.45) is 10.6. The maximum absolute atomic E-state index is 12.4. The summed E-state index contributed by atoms with van der Waals surface area (Å²) < 4.78 is 12.0. The molecule has 2 heterocycles. The van der Waals surface area contributed by atoms with Crippen molar-refractivity contribution in [1.29, 1.82) is 0 Å². The molecule has 0 aromatic heterocycles. The first-order valence-corrected chi connectivity index (χ1v) is 9.00. The first kappa shape index (κ1) is 17.3. The lowest BCUT2D eigenvalue weighted by atomic mass is 10.0. The van der Waals surface area contributed by atoms with Crippen molar-refractivity contribution in [1.82, 2.24) is 0 Å². The van der Waals surface area contributed by atoms with Crippen LogP contribution in [0.4, 0.5) is 0 Å². The summed E-state index contributed by atoms with van der Waals surface area (Å²) in [5.41, 5.74) is 1.75. The molecular weight excluding hydrogens is 359 g/mol. The van der Waals surface area contributed by atoms with E-state index in [0.717, 1.165) is 11.1 Å². The van der Waals surface area contributed by atoms with Gasteiger partial charge in [-0.15, -0.1) is 9.24 Å². The standard InChI is InChI=1S/C22H17O4P/c23-21(24)22(27,19-13-5-9-15-7-1-3-11-17(15)25-19)20-14-6-10-16-8-2-4-12-18(16)26-20/h1-14H,27H2,(H,23,24). The van der Waals surface area contributed by atoms with Crippen LogP contribution >= 0.6 is 9.24 Å². The topological polar surface area (TPSA) is 55.8 Å². The molecule has 0 radical (unpaired) electrons. The third-order valence-electron chi connectivity index (χ3n) is 4.44. The molecular formula is C22H17O4P. The maximum atomic E-state index is 12.4. The van der Waals surface area contributed by atoms with Crippen molar-refractivity contribution in [2.75, 3.05) is 0 Å². The Morgan fingerprint density at radius 1 is 0.815 bits per heavy atom. The Morgan fingerprint density at radius 3 is 1.70 bits per heavy atom. The van der Waals surface area contributed by atoms with E-state index in [4.69, 9.17) is 9.47 Å². The number of carbonyl (C=O) groups is 1. The largest absolute Gasteiger partial charge is 0.480 e. The van der Waals surface area contributed by atoms with Gasteiger partial charge in [-0.1, -0.05) is 60.7 Å². The molecule has 1 N–H and O–H groups in total. The van der Waals surface area contributed by atoms with E-state index in [1.165, 1.54) is 0 Å². The van der Waals surface area contributed by atoms with Crippen LogP contribution in [-0.2, 0) is 4.79 Å². The van der Waals surface area contributed by atoms with Crippen molar-refractivity contribution in [3.05, 3.63) is 95.5 Å². The fourth-order valence-electron chi connectivity index (χ4n) is 2.96. The zero-order chi connectivity index (χ0) is 18.9. The third-order valence-corrected chi connectivity index (χ3v) is 5.26. The van der Waals surface area contributed by atoms with Gasteiger partial charge in [-0.3, -0.25) is 4.79 Å². The number of ether oxygens (including phenoxy) is 2. The highest BCUT2D eigenvalue weighted by Gasteiger charge is 2.46. The molecule has 1 atom stereocenters. The summed E-state index contributed by atoms with van der Waals surface area (Å²) in [7, 11) is 2.39. The molecule has 0 saturated carbocycles. The van der Waals surface area contributed by atoms with Crippen LogP contribution in [0, 0.1) is 0 Å². The van der Waals surface area contributed by atoms with Crippen LogP contribution < -0.4 is 9.47 Å². The quantitative estimate of drug-likeness (QED) is 0.792. The van der Waals surface area contributed by atoms with E-state index in [9.17, 15) is 9.90 Å².